The van der Waals surface area contributed by atoms with E-state index in [1.54, 1.807) is 27.8 Å². The summed E-state index contributed by atoms with van der Waals surface area (Å²) in [5, 5.41) is 18.7. The molecule has 102 valence electrons. The molecule has 0 atom stereocenters. The average Bonchev–Trinajstić information content (AvgIpc) is 2.37. The minimum absolute atomic E-state index is 0.0741. The van der Waals surface area contributed by atoms with Crippen molar-refractivity contribution in [3.63, 3.8) is 0 Å². The van der Waals surface area contributed by atoms with Crippen LogP contribution >= 0.6 is 28.7 Å². The second-order valence-electron chi connectivity index (χ2n) is 3.75. The molecule has 1 heterocycles. The fourth-order valence-corrected chi connectivity index (χ4v) is 6.45. The first-order chi connectivity index (χ1) is 8.70. The third-order valence-corrected chi connectivity index (χ3v) is 8.02. The van der Waals surface area contributed by atoms with Crippen LogP contribution in [0.3, 0.4) is 0 Å². The maximum Gasteiger partial charge on any atom is 0.106 e. The van der Waals surface area contributed by atoms with Crippen LogP contribution < -0.4 is 0 Å². The van der Waals surface area contributed by atoms with E-state index in [-0.39, 0.29) is 13.2 Å². The highest BCUT2D eigenvalue weighted by Gasteiger charge is 2.20. The zero-order chi connectivity index (χ0) is 13.3. The summed E-state index contributed by atoms with van der Waals surface area (Å²) < 4.78 is 12.3. The van der Waals surface area contributed by atoms with Gasteiger partial charge in [-0.25, -0.2) is 4.98 Å². The lowest BCUT2D eigenvalue weighted by Gasteiger charge is -2.15. The Labute approximate surface area is 115 Å². The molecule has 0 radical (unpaired) electrons. The van der Waals surface area contributed by atoms with Gasteiger partial charge in [0, 0.05) is 43.6 Å². The van der Waals surface area contributed by atoms with E-state index in [2.05, 4.69) is 4.98 Å². The number of hydrogen-bond donors (Lipinski definition) is 2. The van der Waals surface area contributed by atoms with Gasteiger partial charge in [0.1, 0.15) is 5.03 Å². The van der Waals surface area contributed by atoms with Gasteiger partial charge >= 0.3 is 0 Å². The quantitative estimate of drug-likeness (QED) is 0.414. The molecule has 0 aromatic carbocycles. The largest absolute Gasteiger partial charge is 0.396 e. The molecule has 0 bridgehead atoms. The molecule has 0 unspecified atom stereocenters. The van der Waals surface area contributed by atoms with Gasteiger partial charge in [-0.05, 0) is 22.9 Å². The van der Waals surface area contributed by atoms with Gasteiger partial charge in [-0.2, -0.15) is 0 Å². The fraction of sp³-hybridized carbons (Fsp3) is 0.545. The van der Waals surface area contributed by atoms with E-state index in [9.17, 15) is 4.57 Å². The highest BCUT2D eigenvalue weighted by molar-refractivity contribution is 8.76. The summed E-state index contributed by atoms with van der Waals surface area (Å²) in [6.45, 7) is -0.148. The normalized spacial score (nSPS) is 11.7. The molecule has 2 N–H and O–H groups in total. The third-order valence-electron chi connectivity index (χ3n) is 2.38. The highest BCUT2D eigenvalue weighted by Crippen LogP contribution is 2.46. The first kappa shape index (κ1) is 16.1. The second-order valence-corrected chi connectivity index (χ2v) is 9.64. The van der Waals surface area contributed by atoms with Crippen molar-refractivity contribution in [2.45, 2.75) is 5.03 Å². The predicted octanol–water partition coefficient (Wildman–Crippen LogP) is 2.17. The minimum Gasteiger partial charge on any atom is -0.396 e. The van der Waals surface area contributed by atoms with Crippen molar-refractivity contribution < 1.29 is 14.8 Å². The topological polar surface area (TPSA) is 70.4 Å². The maximum absolute atomic E-state index is 12.3. The van der Waals surface area contributed by atoms with E-state index >= 15 is 0 Å². The smallest absolute Gasteiger partial charge is 0.106 e. The molecule has 1 aromatic rings. The molecule has 0 fully saturated rings. The van der Waals surface area contributed by atoms with Gasteiger partial charge < -0.3 is 14.8 Å². The number of aromatic nitrogens is 1. The van der Waals surface area contributed by atoms with Gasteiger partial charge in [-0.3, -0.25) is 0 Å². The second kappa shape index (κ2) is 8.99. The van der Waals surface area contributed by atoms with Crippen molar-refractivity contribution in [2.75, 3.05) is 37.5 Å². The molecule has 1 rings (SSSR count). The molecule has 18 heavy (non-hydrogen) atoms. The minimum atomic E-state index is -2.40. The average molecular weight is 307 g/mol. The van der Waals surface area contributed by atoms with Crippen LogP contribution in [0.2, 0.25) is 0 Å². The van der Waals surface area contributed by atoms with Crippen molar-refractivity contribution in [1.29, 1.82) is 0 Å². The predicted molar refractivity (Wildman–Crippen MR) is 78.9 cm³/mol. The lowest BCUT2D eigenvalue weighted by Crippen LogP contribution is -2.07. The zero-order valence-corrected chi connectivity index (χ0v) is 12.6. The van der Waals surface area contributed by atoms with Crippen molar-refractivity contribution in [3.05, 3.63) is 24.4 Å². The number of rotatable bonds is 9. The molecule has 0 saturated heterocycles. The highest BCUT2D eigenvalue weighted by atomic mass is 33.1. The van der Waals surface area contributed by atoms with Crippen molar-refractivity contribution in [2.24, 2.45) is 0 Å². The standard InChI is InChI=1S/C11H18NO3PS2/c13-5-7-16(15,8-6-14)9-10-17-18-11-3-1-2-4-12-11/h1-4,13-14H,5-10H2. The maximum atomic E-state index is 12.3. The first-order valence-electron chi connectivity index (χ1n) is 5.69. The molecule has 0 amide bonds. The van der Waals surface area contributed by atoms with Crippen LogP contribution in [0.5, 0.6) is 0 Å². The Hall–Kier alpha value is -0.000000000000000167. The Morgan fingerprint density at radius 3 is 2.44 bits per heavy atom. The summed E-state index contributed by atoms with van der Waals surface area (Å²) in [6, 6.07) is 5.72. The Bertz CT molecular complexity index is 368. The summed E-state index contributed by atoms with van der Waals surface area (Å²) >= 11 is 0. The van der Waals surface area contributed by atoms with Crippen LogP contribution in [0.25, 0.3) is 0 Å². The lowest BCUT2D eigenvalue weighted by atomic mass is 10.5. The van der Waals surface area contributed by atoms with Crippen molar-refractivity contribution in [1.82, 2.24) is 4.98 Å². The molecule has 0 aliphatic carbocycles. The van der Waals surface area contributed by atoms with Crippen LogP contribution in [0.15, 0.2) is 29.4 Å². The third kappa shape index (κ3) is 6.25. The Balaban J connectivity index is 2.29. The molecule has 1 aromatic heterocycles. The molecule has 0 spiro atoms. The lowest BCUT2D eigenvalue weighted by molar-refractivity contribution is 0.312. The van der Waals surface area contributed by atoms with E-state index < -0.39 is 7.14 Å². The van der Waals surface area contributed by atoms with Crippen LogP contribution in [-0.4, -0.2) is 52.6 Å². The zero-order valence-electron chi connectivity index (χ0n) is 10.1. The Morgan fingerprint density at radius 2 is 1.89 bits per heavy atom. The van der Waals surface area contributed by atoms with Gasteiger partial charge in [0.2, 0.25) is 0 Å². The molecular formula is C11H18NO3PS2. The SMILES string of the molecule is O=P(CCO)(CCO)CCSSc1ccccn1. The summed E-state index contributed by atoms with van der Waals surface area (Å²) in [5.74, 6) is 0.735. The Kier molecular flexibility index (Phi) is 8.02. The summed E-state index contributed by atoms with van der Waals surface area (Å²) in [5.41, 5.74) is 0. The van der Waals surface area contributed by atoms with Crippen molar-refractivity contribution >= 4 is 28.7 Å². The van der Waals surface area contributed by atoms with Gasteiger partial charge in [-0.15, -0.1) is 0 Å². The summed E-state index contributed by atoms with van der Waals surface area (Å²) in [7, 11) is 0.765. The monoisotopic (exact) mass is 307 g/mol. The van der Waals surface area contributed by atoms with E-state index in [4.69, 9.17) is 10.2 Å². The van der Waals surface area contributed by atoms with Crippen LogP contribution in [0, 0.1) is 0 Å². The molecule has 0 saturated carbocycles. The number of aliphatic hydroxyl groups excluding tert-OH is 2. The number of aliphatic hydroxyl groups is 2. The number of nitrogens with zero attached hydrogens (tertiary/aromatic N) is 1. The van der Waals surface area contributed by atoms with E-state index in [1.807, 2.05) is 18.2 Å². The van der Waals surface area contributed by atoms with Crippen molar-refractivity contribution in [3.8, 4) is 0 Å². The van der Waals surface area contributed by atoms with Gasteiger partial charge in [0.25, 0.3) is 0 Å². The fourth-order valence-electron chi connectivity index (χ4n) is 1.40. The van der Waals surface area contributed by atoms with E-state index in [1.165, 1.54) is 0 Å². The van der Waals surface area contributed by atoms with Crippen LogP contribution in [0.4, 0.5) is 0 Å². The molecule has 7 heteroatoms. The van der Waals surface area contributed by atoms with E-state index in [0.29, 0.717) is 18.5 Å². The van der Waals surface area contributed by atoms with Crippen LogP contribution in [0.1, 0.15) is 0 Å². The van der Waals surface area contributed by atoms with Gasteiger partial charge in [0.05, 0.1) is 7.14 Å². The van der Waals surface area contributed by atoms with Gasteiger partial charge in [-0.1, -0.05) is 16.9 Å². The Morgan fingerprint density at radius 1 is 1.17 bits per heavy atom. The summed E-state index contributed by atoms with van der Waals surface area (Å²) in [6.07, 6.45) is 2.91. The molecule has 4 nitrogen and oxygen atoms in total. The molecular weight excluding hydrogens is 289 g/mol. The molecule has 0 aliphatic heterocycles. The first-order valence-corrected chi connectivity index (χ1v) is 10.3. The van der Waals surface area contributed by atoms with E-state index in [0.717, 1.165) is 10.8 Å². The molecule has 0 aliphatic rings. The number of hydrogen-bond acceptors (Lipinski definition) is 6. The van der Waals surface area contributed by atoms with Crippen LogP contribution in [-0.2, 0) is 4.57 Å². The summed E-state index contributed by atoms with van der Waals surface area (Å²) in [4.78, 5) is 4.18. The van der Waals surface area contributed by atoms with Gasteiger partial charge in [0.15, 0.2) is 0 Å². The number of pyridine rings is 1.